The first kappa shape index (κ1) is 27.1. The molecule has 4 fully saturated rings. The Balaban J connectivity index is 1.45. The van der Waals surface area contributed by atoms with Crippen molar-refractivity contribution in [2.45, 2.75) is 77.8 Å². The molecule has 10 unspecified atom stereocenters. The second-order valence-corrected chi connectivity index (χ2v) is 12.4. The first-order valence-corrected chi connectivity index (χ1v) is 14.0. The number of esters is 3. The Kier molecular flexibility index (Phi) is 6.40. The third-order valence-corrected chi connectivity index (χ3v) is 10.7. The van der Waals surface area contributed by atoms with Gasteiger partial charge in [-0.25, -0.2) is 4.79 Å². The largest absolute Gasteiger partial charge is 0.462 e. The molecule has 3 aliphatic carbocycles. The molecule has 216 valence electrons. The van der Waals surface area contributed by atoms with Gasteiger partial charge in [-0.15, -0.1) is 0 Å². The molecule has 0 N–H and O–H groups in total. The normalized spacial score (nSPS) is 41.3. The summed E-state index contributed by atoms with van der Waals surface area (Å²) in [5.41, 5.74) is -1.40. The van der Waals surface area contributed by atoms with Crippen LogP contribution < -0.4 is 9.47 Å². The number of ether oxygens (including phenoxy) is 6. The fraction of sp³-hybridized carbons (Fsp3) is 0.667. The topological polar surface area (TPSA) is 124 Å². The van der Waals surface area contributed by atoms with Crippen LogP contribution in [0.5, 0.6) is 11.5 Å². The number of carbonyl (C=O) groups is 4. The molecule has 10 atom stereocenters. The lowest BCUT2D eigenvalue weighted by Gasteiger charge is -2.68. The molecule has 0 spiro atoms. The molecule has 10 nitrogen and oxygen atoms in total. The van der Waals surface area contributed by atoms with Crippen LogP contribution in [0, 0.1) is 34.5 Å². The van der Waals surface area contributed by atoms with Gasteiger partial charge in [0, 0.05) is 37.2 Å². The monoisotopic (exact) mass is 556 g/mol. The molecule has 0 radical (unpaired) electrons. The van der Waals surface area contributed by atoms with Crippen LogP contribution in [0.2, 0.25) is 0 Å². The zero-order valence-electron chi connectivity index (χ0n) is 23.5. The average Bonchev–Trinajstić information content (AvgIpc) is 3.37. The van der Waals surface area contributed by atoms with Gasteiger partial charge in [-0.05, 0) is 55.2 Å². The third kappa shape index (κ3) is 3.78. The minimum atomic E-state index is -1.01. The zero-order valence-corrected chi connectivity index (χ0v) is 23.5. The highest BCUT2D eigenvalue weighted by molar-refractivity contribution is 5.93. The van der Waals surface area contributed by atoms with Gasteiger partial charge >= 0.3 is 17.9 Å². The summed E-state index contributed by atoms with van der Waals surface area (Å²) in [6.45, 7) is 7.37. The van der Waals surface area contributed by atoms with E-state index in [2.05, 4.69) is 6.92 Å². The Morgan fingerprint density at radius 1 is 1.02 bits per heavy atom. The molecule has 2 heterocycles. The maximum Gasteiger partial charge on any atom is 0.338 e. The summed E-state index contributed by atoms with van der Waals surface area (Å²) in [6.07, 6.45) is -0.996. The third-order valence-electron chi connectivity index (χ3n) is 10.7. The van der Waals surface area contributed by atoms with Crippen LogP contribution in [0.15, 0.2) is 18.2 Å². The number of hydrogen-bond acceptors (Lipinski definition) is 10. The van der Waals surface area contributed by atoms with E-state index in [-0.39, 0.29) is 48.3 Å². The molecule has 1 aromatic rings. The molecule has 10 heteroatoms. The Morgan fingerprint density at radius 3 is 2.50 bits per heavy atom. The molecule has 2 aliphatic heterocycles. The SMILES string of the molecule is COC1C(C)C2CC(=O)OC3CC4CCC(OC(C)=O)C(=O)C4(C)C(C1OC(=O)c1ccc4c(c1)OCO4)C32C. The van der Waals surface area contributed by atoms with E-state index in [0.29, 0.717) is 30.8 Å². The van der Waals surface area contributed by atoms with Gasteiger partial charge < -0.3 is 28.4 Å². The molecule has 1 saturated heterocycles. The van der Waals surface area contributed by atoms with Crippen LogP contribution in [-0.4, -0.2) is 62.0 Å². The molecular weight excluding hydrogens is 520 g/mol. The Labute approximate surface area is 232 Å². The van der Waals surface area contributed by atoms with E-state index in [0.717, 1.165) is 0 Å². The number of benzene rings is 1. The molecule has 0 aromatic heterocycles. The molecule has 0 amide bonds. The molecule has 0 bridgehead atoms. The molecular formula is C30H36O10. The van der Waals surface area contributed by atoms with Crippen molar-refractivity contribution >= 4 is 23.7 Å². The summed E-state index contributed by atoms with van der Waals surface area (Å²) in [5, 5.41) is 0. The van der Waals surface area contributed by atoms with Crippen molar-refractivity contribution in [2.24, 2.45) is 34.5 Å². The summed E-state index contributed by atoms with van der Waals surface area (Å²) in [6, 6.07) is 4.87. The lowest BCUT2D eigenvalue weighted by molar-refractivity contribution is -0.281. The summed E-state index contributed by atoms with van der Waals surface area (Å²) in [5.74, 6) is -1.54. The van der Waals surface area contributed by atoms with Crippen LogP contribution in [0.1, 0.15) is 63.7 Å². The van der Waals surface area contributed by atoms with Gasteiger partial charge in [-0.1, -0.05) is 20.8 Å². The van der Waals surface area contributed by atoms with Crippen LogP contribution in [0.25, 0.3) is 0 Å². The van der Waals surface area contributed by atoms with Crippen LogP contribution in [0.3, 0.4) is 0 Å². The van der Waals surface area contributed by atoms with E-state index in [1.807, 2.05) is 13.8 Å². The van der Waals surface area contributed by atoms with Crippen molar-refractivity contribution in [1.82, 2.24) is 0 Å². The van der Waals surface area contributed by atoms with E-state index in [4.69, 9.17) is 28.4 Å². The molecule has 5 aliphatic rings. The van der Waals surface area contributed by atoms with E-state index >= 15 is 0 Å². The van der Waals surface area contributed by atoms with Crippen LogP contribution in [0.4, 0.5) is 0 Å². The van der Waals surface area contributed by atoms with Gasteiger partial charge in [-0.3, -0.25) is 14.4 Å². The lowest BCUT2D eigenvalue weighted by atomic mass is 9.38. The minimum absolute atomic E-state index is 0.0764. The van der Waals surface area contributed by atoms with Crippen molar-refractivity contribution in [1.29, 1.82) is 0 Å². The Hall–Kier alpha value is -3.14. The standard InChI is InChI=1S/C30H36O10/c1-14-18-12-23(32)39-22-11-17-7-9-20(38-15(2)31)27(33)29(17,3)26(30(18,22)4)25(24(14)35-5)40-28(34)16-6-8-19-21(10-16)37-13-36-19/h6,8,10,14,17-18,20,22,24-26H,7,9,11-13H2,1-5H3. The van der Waals surface area contributed by atoms with E-state index in [1.54, 1.807) is 25.3 Å². The van der Waals surface area contributed by atoms with E-state index in [9.17, 15) is 19.2 Å². The number of rotatable bonds is 4. The first-order valence-electron chi connectivity index (χ1n) is 14.0. The highest BCUT2D eigenvalue weighted by Gasteiger charge is 2.74. The zero-order chi connectivity index (χ0) is 28.6. The number of ketones is 1. The molecule has 3 saturated carbocycles. The predicted octanol–water partition coefficient (Wildman–Crippen LogP) is 3.48. The summed E-state index contributed by atoms with van der Waals surface area (Å²) in [7, 11) is 1.57. The van der Waals surface area contributed by atoms with Gasteiger partial charge in [-0.2, -0.15) is 0 Å². The number of hydrogen-bond donors (Lipinski definition) is 0. The van der Waals surface area contributed by atoms with Crippen molar-refractivity contribution in [3.05, 3.63) is 23.8 Å². The highest BCUT2D eigenvalue weighted by atomic mass is 16.7. The fourth-order valence-electron chi connectivity index (χ4n) is 8.89. The Bertz CT molecular complexity index is 1260. The van der Waals surface area contributed by atoms with Gasteiger partial charge in [0.25, 0.3) is 0 Å². The summed E-state index contributed by atoms with van der Waals surface area (Å²) in [4.78, 5) is 52.7. The summed E-state index contributed by atoms with van der Waals surface area (Å²) >= 11 is 0. The summed E-state index contributed by atoms with van der Waals surface area (Å²) < 4.78 is 34.7. The van der Waals surface area contributed by atoms with Gasteiger partial charge in [0.2, 0.25) is 6.79 Å². The smallest absolute Gasteiger partial charge is 0.338 e. The number of fused-ring (bicyclic) bond motifs is 3. The van der Waals surface area contributed by atoms with E-state index < -0.39 is 53.1 Å². The van der Waals surface area contributed by atoms with Gasteiger partial charge in [0.1, 0.15) is 12.2 Å². The predicted molar refractivity (Wildman–Crippen MR) is 137 cm³/mol. The molecule has 1 aromatic carbocycles. The number of methoxy groups -OCH3 is 1. The maximum atomic E-state index is 14.3. The number of Topliss-reactive ketones (excluding diaryl/α,β-unsaturated/α-hetero) is 1. The van der Waals surface area contributed by atoms with Crippen LogP contribution in [-0.2, 0) is 33.3 Å². The van der Waals surface area contributed by atoms with Crippen molar-refractivity contribution in [2.75, 3.05) is 13.9 Å². The van der Waals surface area contributed by atoms with Crippen molar-refractivity contribution in [3.63, 3.8) is 0 Å². The van der Waals surface area contributed by atoms with Crippen molar-refractivity contribution in [3.8, 4) is 11.5 Å². The van der Waals surface area contributed by atoms with Gasteiger partial charge in [0.15, 0.2) is 23.4 Å². The quantitative estimate of drug-likeness (QED) is 0.402. The number of carbonyl (C=O) groups excluding carboxylic acids is 4. The second kappa shape index (κ2) is 9.46. The van der Waals surface area contributed by atoms with E-state index in [1.165, 1.54) is 6.92 Å². The average molecular weight is 557 g/mol. The van der Waals surface area contributed by atoms with Gasteiger partial charge in [0.05, 0.1) is 11.7 Å². The molecule has 40 heavy (non-hydrogen) atoms. The molecule has 6 rings (SSSR count). The maximum absolute atomic E-state index is 14.3. The minimum Gasteiger partial charge on any atom is -0.462 e. The second-order valence-electron chi connectivity index (χ2n) is 12.4. The lowest BCUT2D eigenvalue weighted by Crippen LogP contribution is -2.74. The Morgan fingerprint density at radius 2 is 1.77 bits per heavy atom. The van der Waals surface area contributed by atoms with Crippen molar-refractivity contribution < 1.29 is 47.6 Å². The highest BCUT2D eigenvalue weighted by Crippen LogP contribution is 2.68. The first-order chi connectivity index (χ1) is 19.0. The van der Waals surface area contributed by atoms with Crippen LogP contribution >= 0.6 is 0 Å². The fourth-order valence-corrected chi connectivity index (χ4v) is 8.89.